The van der Waals surface area contributed by atoms with Crippen LogP contribution in [0.3, 0.4) is 0 Å². The lowest BCUT2D eigenvalue weighted by Gasteiger charge is -2.47. The minimum atomic E-state index is -0.995. The molecule has 0 aliphatic carbocycles. The SMILES string of the molecule is CSCc1ccc(C(=O)N2CC(C)(OCC(=O)O)C2)cc1. The number of hydrogen-bond acceptors (Lipinski definition) is 4. The maximum absolute atomic E-state index is 12.3. The molecule has 0 spiro atoms. The van der Waals surface area contributed by atoms with Crippen LogP contribution in [-0.2, 0) is 15.3 Å². The van der Waals surface area contributed by atoms with E-state index in [9.17, 15) is 9.59 Å². The number of nitrogens with zero attached hydrogens (tertiary/aromatic N) is 1. The summed E-state index contributed by atoms with van der Waals surface area (Å²) >= 11 is 1.74. The molecule has 1 fully saturated rings. The topological polar surface area (TPSA) is 66.8 Å². The van der Waals surface area contributed by atoms with E-state index in [0.29, 0.717) is 18.7 Å². The second-order valence-electron chi connectivity index (χ2n) is 5.42. The fourth-order valence-corrected chi connectivity index (χ4v) is 2.85. The smallest absolute Gasteiger partial charge is 0.329 e. The van der Waals surface area contributed by atoms with E-state index in [1.807, 2.05) is 37.4 Å². The molecule has 1 aliphatic heterocycles. The van der Waals surface area contributed by atoms with Crippen LogP contribution < -0.4 is 0 Å². The number of hydrogen-bond donors (Lipinski definition) is 1. The highest BCUT2D eigenvalue weighted by Crippen LogP contribution is 2.26. The normalized spacial score (nSPS) is 16.4. The fourth-order valence-electron chi connectivity index (χ4n) is 2.32. The van der Waals surface area contributed by atoms with Gasteiger partial charge in [-0.2, -0.15) is 11.8 Å². The second-order valence-corrected chi connectivity index (χ2v) is 6.29. The zero-order valence-corrected chi connectivity index (χ0v) is 13.0. The predicted molar refractivity (Wildman–Crippen MR) is 81.6 cm³/mol. The number of rotatable bonds is 6. The minimum Gasteiger partial charge on any atom is -0.480 e. The van der Waals surface area contributed by atoms with Crippen molar-refractivity contribution < 1.29 is 19.4 Å². The number of carboxylic acid groups (broad SMARTS) is 1. The Morgan fingerprint density at radius 2 is 1.95 bits per heavy atom. The molecule has 114 valence electrons. The number of likely N-dealkylation sites (tertiary alicyclic amines) is 1. The van der Waals surface area contributed by atoms with Gasteiger partial charge in [-0.05, 0) is 30.9 Å². The van der Waals surface area contributed by atoms with Gasteiger partial charge in [0.05, 0.1) is 13.1 Å². The standard InChI is InChI=1S/C15H19NO4S/c1-15(20-7-13(17)18)9-16(10-15)14(19)12-5-3-11(4-6-12)8-21-2/h3-6H,7-10H2,1-2H3,(H,17,18). The third-order valence-corrected chi connectivity index (χ3v) is 4.02. The zero-order valence-electron chi connectivity index (χ0n) is 12.2. The molecule has 5 nitrogen and oxygen atoms in total. The Morgan fingerprint density at radius 1 is 1.33 bits per heavy atom. The van der Waals surface area contributed by atoms with Crippen molar-refractivity contribution in [2.75, 3.05) is 26.0 Å². The molecule has 1 amide bonds. The Morgan fingerprint density at radius 3 is 2.48 bits per heavy atom. The number of amides is 1. The summed E-state index contributed by atoms with van der Waals surface area (Å²) in [6, 6.07) is 7.59. The van der Waals surface area contributed by atoms with Crippen molar-refractivity contribution in [1.82, 2.24) is 4.90 Å². The fraction of sp³-hybridized carbons (Fsp3) is 0.467. The lowest BCUT2D eigenvalue weighted by Crippen LogP contribution is -2.63. The van der Waals surface area contributed by atoms with Crippen LogP contribution in [0.15, 0.2) is 24.3 Å². The van der Waals surface area contributed by atoms with Gasteiger partial charge < -0.3 is 14.7 Å². The van der Waals surface area contributed by atoms with Gasteiger partial charge in [-0.3, -0.25) is 4.79 Å². The quantitative estimate of drug-likeness (QED) is 0.869. The monoisotopic (exact) mass is 309 g/mol. The largest absolute Gasteiger partial charge is 0.480 e. The molecule has 21 heavy (non-hydrogen) atoms. The van der Waals surface area contributed by atoms with E-state index < -0.39 is 11.6 Å². The average Bonchev–Trinajstić information content (AvgIpc) is 2.42. The highest BCUT2D eigenvalue weighted by atomic mass is 32.2. The first-order chi connectivity index (χ1) is 9.93. The van der Waals surface area contributed by atoms with Crippen molar-refractivity contribution in [2.24, 2.45) is 0 Å². The molecule has 0 saturated carbocycles. The number of thioether (sulfide) groups is 1. The summed E-state index contributed by atoms with van der Waals surface area (Å²) in [6.45, 7) is 2.33. The van der Waals surface area contributed by atoms with Gasteiger partial charge in [0.25, 0.3) is 5.91 Å². The third-order valence-electron chi connectivity index (χ3n) is 3.39. The van der Waals surface area contributed by atoms with Crippen LogP contribution in [0.1, 0.15) is 22.8 Å². The molecule has 1 heterocycles. The summed E-state index contributed by atoms with van der Waals surface area (Å²) in [4.78, 5) is 24.4. The van der Waals surface area contributed by atoms with E-state index >= 15 is 0 Å². The summed E-state index contributed by atoms with van der Waals surface area (Å²) in [7, 11) is 0. The van der Waals surface area contributed by atoms with Gasteiger partial charge in [0.1, 0.15) is 12.2 Å². The summed E-state index contributed by atoms with van der Waals surface area (Å²) in [5.74, 6) is -0.105. The predicted octanol–water partition coefficient (Wildman–Crippen LogP) is 1.87. The molecule has 1 aromatic carbocycles. The number of benzene rings is 1. The van der Waals surface area contributed by atoms with Crippen molar-refractivity contribution in [3.05, 3.63) is 35.4 Å². The third kappa shape index (κ3) is 3.98. The van der Waals surface area contributed by atoms with Gasteiger partial charge in [-0.15, -0.1) is 0 Å². The maximum atomic E-state index is 12.3. The minimum absolute atomic E-state index is 0.0397. The Balaban J connectivity index is 1.89. The summed E-state index contributed by atoms with van der Waals surface area (Å²) in [5, 5.41) is 8.61. The van der Waals surface area contributed by atoms with Crippen LogP contribution in [0.4, 0.5) is 0 Å². The van der Waals surface area contributed by atoms with Gasteiger partial charge >= 0.3 is 5.97 Å². The van der Waals surface area contributed by atoms with Gasteiger partial charge in [-0.25, -0.2) is 4.79 Å². The molecule has 0 aromatic heterocycles. The molecule has 1 aliphatic rings. The van der Waals surface area contributed by atoms with Gasteiger partial charge in [0, 0.05) is 11.3 Å². The number of carboxylic acids is 1. The van der Waals surface area contributed by atoms with E-state index in [1.165, 1.54) is 5.56 Å². The van der Waals surface area contributed by atoms with Crippen LogP contribution in [0.25, 0.3) is 0 Å². The summed E-state index contributed by atoms with van der Waals surface area (Å²) < 4.78 is 5.30. The Kier molecular flexibility index (Phi) is 4.90. The number of carbonyl (C=O) groups is 2. The van der Waals surface area contributed by atoms with Crippen LogP contribution in [-0.4, -0.2) is 53.4 Å². The maximum Gasteiger partial charge on any atom is 0.329 e. The van der Waals surface area contributed by atoms with Gasteiger partial charge in [0.15, 0.2) is 0 Å². The Bertz CT molecular complexity index is 523. The molecule has 1 saturated heterocycles. The van der Waals surface area contributed by atoms with Gasteiger partial charge in [-0.1, -0.05) is 12.1 Å². The highest BCUT2D eigenvalue weighted by molar-refractivity contribution is 7.97. The zero-order chi connectivity index (χ0) is 15.5. The lowest BCUT2D eigenvalue weighted by atomic mass is 9.95. The molecule has 0 radical (unpaired) electrons. The molecule has 6 heteroatoms. The summed E-state index contributed by atoms with van der Waals surface area (Å²) in [5.41, 5.74) is 1.30. The van der Waals surface area contributed by atoms with Crippen molar-refractivity contribution in [3.63, 3.8) is 0 Å². The summed E-state index contributed by atoms with van der Waals surface area (Å²) in [6.07, 6.45) is 2.04. The molecule has 0 atom stereocenters. The van der Waals surface area contributed by atoms with E-state index in [1.54, 1.807) is 16.7 Å². The van der Waals surface area contributed by atoms with Gasteiger partial charge in [0.2, 0.25) is 0 Å². The van der Waals surface area contributed by atoms with E-state index in [-0.39, 0.29) is 12.5 Å². The van der Waals surface area contributed by atoms with Crippen molar-refractivity contribution in [1.29, 1.82) is 0 Å². The van der Waals surface area contributed by atoms with Crippen molar-refractivity contribution >= 4 is 23.6 Å². The van der Waals surface area contributed by atoms with Crippen LogP contribution in [0.2, 0.25) is 0 Å². The van der Waals surface area contributed by atoms with Crippen molar-refractivity contribution in [3.8, 4) is 0 Å². The first kappa shape index (κ1) is 15.9. The first-order valence-electron chi connectivity index (χ1n) is 6.66. The number of carbonyl (C=O) groups excluding carboxylic acids is 1. The van der Waals surface area contributed by atoms with E-state index in [2.05, 4.69) is 0 Å². The molecular weight excluding hydrogens is 290 g/mol. The van der Waals surface area contributed by atoms with Crippen molar-refractivity contribution in [2.45, 2.75) is 18.3 Å². The number of aliphatic carboxylic acids is 1. The lowest BCUT2D eigenvalue weighted by molar-refractivity contribution is -0.159. The number of ether oxygens (including phenoxy) is 1. The first-order valence-corrected chi connectivity index (χ1v) is 8.06. The second kappa shape index (κ2) is 6.49. The Labute approximate surface area is 128 Å². The molecular formula is C15H19NO4S. The van der Waals surface area contributed by atoms with Crippen LogP contribution in [0, 0.1) is 0 Å². The van der Waals surface area contributed by atoms with Crippen LogP contribution in [0.5, 0.6) is 0 Å². The average molecular weight is 309 g/mol. The molecule has 0 unspecified atom stereocenters. The molecule has 1 N–H and O–H groups in total. The van der Waals surface area contributed by atoms with Crippen LogP contribution >= 0.6 is 11.8 Å². The highest BCUT2D eigenvalue weighted by Gasteiger charge is 2.42. The Hall–Kier alpha value is -1.53. The van der Waals surface area contributed by atoms with E-state index in [0.717, 1.165) is 5.75 Å². The molecule has 2 rings (SSSR count). The van der Waals surface area contributed by atoms with E-state index in [4.69, 9.17) is 9.84 Å². The molecule has 1 aromatic rings. The molecule has 0 bridgehead atoms.